The summed E-state index contributed by atoms with van der Waals surface area (Å²) < 4.78 is 5.93. The monoisotopic (exact) mass is 365 g/mol. The van der Waals surface area contributed by atoms with E-state index in [9.17, 15) is 4.79 Å². The van der Waals surface area contributed by atoms with Gasteiger partial charge in [-0.2, -0.15) is 0 Å². The summed E-state index contributed by atoms with van der Waals surface area (Å²) in [6, 6.07) is 8.72. The van der Waals surface area contributed by atoms with E-state index in [1.807, 2.05) is 0 Å². The first-order valence-corrected chi connectivity index (χ1v) is 10.8. The SMILES string of the molecule is CC1CCCC2(C)CC3OC(=O)C(CN4CCc5ccccc5C4)C3C=C12. The molecule has 2 aliphatic heterocycles. The van der Waals surface area contributed by atoms with Crippen LogP contribution >= 0.6 is 0 Å². The standard InChI is InChI=1S/C24H31NO2/c1-16-6-5-10-24(2)13-22-19(12-21(16)24)20(23(26)27-22)15-25-11-9-17-7-3-4-8-18(17)14-25/h3-4,7-8,12,16,19-20,22H,5-6,9-11,13-15H2,1-2H3. The lowest BCUT2D eigenvalue weighted by atomic mass is 9.59. The number of fused-ring (bicyclic) bond motifs is 3. The third-order valence-electron chi connectivity index (χ3n) is 7.75. The molecule has 0 spiro atoms. The largest absolute Gasteiger partial charge is 0.461 e. The summed E-state index contributed by atoms with van der Waals surface area (Å²) in [5, 5.41) is 0. The molecule has 5 atom stereocenters. The first kappa shape index (κ1) is 17.5. The van der Waals surface area contributed by atoms with Gasteiger partial charge in [-0.25, -0.2) is 0 Å². The van der Waals surface area contributed by atoms with Crippen LogP contribution in [0.4, 0.5) is 0 Å². The summed E-state index contributed by atoms with van der Waals surface area (Å²) in [5.41, 5.74) is 4.74. The molecule has 2 heterocycles. The molecule has 5 rings (SSSR count). The van der Waals surface area contributed by atoms with Gasteiger partial charge in [-0.1, -0.05) is 56.2 Å². The number of ether oxygens (including phenoxy) is 1. The van der Waals surface area contributed by atoms with Gasteiger partial charge in [0.2, 0.25) is 0 Å². The third-order valence-corrected chi connectivity index (χ3v) is 7.75. The van der Waals surface area contributed by atoms with Crippen LogP contribution in [-0.2, 0) is 22.5 Å². The Bertz CT molecular complexity index is 784. The molecule has 1 saturated carbocycles. The predicted molar refractivity (Wildman–Crippen MR) is 106 cm³/mol. The number of rotatable bonds is 2. The van der Waals surface area contributed by atoms with Crippen LogP contribution in [-0.4, -0.2) is 30.1 Å². The van der Waals surface area contributed by atoms with Crippen molar-refractivity contribution in [1.29, 1.82) is 0 Å². The van der Waals surface area contributed by atoms with E-state index in [1.165, 1.54) is 30.4 Å². The van der Waals surface area contributed by atoms with Crippen molar-refractivity contribution in [2.75, 3.05) is 13.1 Å². The fourth-order valence-electron chi connectivity index (χ4n) is 6.25. The minimum atomic E-state index is 0.00596. The molecule has 0 radical (unpaired) electrons. The van der Waals surface area contributed by atoms with Gasteiger partial charge in [-0.05, 0) is 48.1 Å². The Labute approximate surface area is 162 Å². The molecule has 1 aromatic rings. The van der Waals surface area contributed by atoms with Gasteiger partial charge in [0.1, 0.15) is 6.10 Å². The Balaban J connectivity index is 1.37. The molecule has 2 aliphatic carbocycles. The summed E-state index contributed by atoms with van der Waals surface area (Å²) in [5.74, 6) is 0.975. The Kier molecular flexibility index (Phi) is 4.19. The van der Waals surface area contributed by atoms with E-state index in [-0.39, 0.29) is 29.3 Å². The number of nitrogens with zero attached hydrogens (tertiary/aromatic N) is 1. The molecule has 5 unspecified atom stereocenters. The van der Waals surface area contributed by atoms with E-state index in [0.717, 1.165) is 32.5 Å². The highest BCUT2D eigenvalue weighted by atomic mass is 16.6. The van der Waals surface area contributed by atoms with E-state index in [1.54, 1.807) is 5.57 Å². The van der Waals surface area contributed by atoms with E-state index >= 15 is 0 Å². The molecule has 27 heavy (non-hydrogen) atoms. The first-order valence-electron chi connectivity index (χ1n) is 10.8. The van der Waals surface area contributed by atoms with E-state index in [2.05, 4.69) is 49.1 Å². The quantitative estimate of drug-likeness (QED) is 0.576. The van der Waals surface area contributed by atoms with Crippen molar-refractivity contribution >= 4 is 5.97 Å². The Morgan fingerprint density at radius 3 is 2.93 bits per heavy atom. The lowest BCUT2D eigenvalue weighted by Crippen LogP contribution is -2.41. The number of carbonyl (C=O) groups is 1. The zero-order valence-corrected chi connectivity index (χ0v) is 16.6. The lowest BCUT2D eigenvalue weighted by molar-refractivity contribution is -0.145. The van der Waals surface area contributed by atoms with E-state index in [0.29, 0.717) is 5.92 Å². The number of esters is 1. The fourth-order valence-corrected chi connectivity index (χ4v) is 6.25. The number of carbonyl (C=O) groups excluding carboxylic acids is 1. The first-order chi connectivity index (χ1) is 13.0. The molecule has 3 heteroatoms. The topological polar surface area (TPSA) is 29.5 Å². The van der Waals surface area contributed by atoms with Crippen LogP contribution in [0.2, 0.25) is 0 Å². The van der Waals surface area contributed by atoms with Crippen molar-refractivity contribution in [3.05, 3.63) is 47.0 Å². The third kappa shape index (κ3) is 2.95. The second-order valence-electron chi connectivity index (χ2n) is 9.59. The Hall–Kier alpha value is -1.61. The van der Waals surface area contributed by atoms with Gasteiger partial charge in [0.05, 0.1) is 5.92 Å². The number of hydrogen-bond donors (Lipinski definition) is 0. The highest BCUT2D eigenvalue weighted by molar-refractivity contribution is 5.76. The lowest BCUT2D eigenvalue weighted by Gasteiger charge is -2.46. The van der Waals surface area contributed by atoms with Gasteiger partial charge >= 0.3 is 5.97 Å². The van der Waals surface area contributed by atoms with Crippen LogP contribution in [0.5, 0.6) is 0 Å². The predicted octanol–water partition coefficient (Wildman–Crippen LogP) is 4.36. The summed E-state index contributed by atoms with van der Waals surface area (Å²) in [6.07, 6.45) is 8.53. The molecule has 3 nitrogen and oxygen atoms in total. The minimum absolute atomic E-state index is 0.00596. The van der Waals surface area contributed by atoms with Crippen LogP contribution in [0, 0.1) is 23.2 Å². The van der Waals surface area contributed by atoms with Crippen LogP contribution in [0.1, 0.15) is 50.7 Å². The van der Waals surface area contributed by atoms with Crippen molar-refractivity contribution in [1.82, 2.24) is 4.90 Å². The molecule has 1 saturated heterocycles. The maximum atomic E-state index is 12.8. The molecule has 144 valence electrons. The van der Waals surface area contributed by atoms with Gasteiger partial charge in [0, 0.05) is 25.6 Å². The smallest absolute Gasteiger partial charge is 0.311 e. The molecule has 1 aromatic carbocycles. The molecule has 2 fully saturated rings. The normalized spacial score (nSPS) is 38.4. The van der Waals surface area contributed by atoms with Crippen molar-refractivity contribution in [2.45, 2.75) is 58.6 Å². The van der Waals surface area contributed by atoms with Crippen molar-refractivity contribution in [2.24, 2.45) is 23.2 Å². The van der Waals surface area contributed by atoms with Crippen molar-refractivity contribution in [3.8, 4) is 0 Å². The van der Waals surface area contributed by atoms with Crippen LogP contribution in [0.25, 0.3) is 0 Å². The van der Waals surface area contributed by atoms with Gasteiger partial charge in [0.15, 0.2) is 0 Å². The summed E-state index contributed by atoms with van der Waals surface area (Å²) in [6.45, 7) is 7.61. The second-order valence-corrected chi connectivity index (χ2v) is 9.59. The van der Waals surface area contributed by atoms with Crippen LogP contribution in [0.15, 0.2) is 35.9 Å². The Morgan fingerprint density at radius 1 is 1.26 bits per heavy atom. The molecular formula is C24H31NO2. The molecular weight excluding hydrogens is 334 g/mol. The number of hydrogen-bond acceptors (Lipinski definition) is 3. The summed E-state index contributed by atoms with van der Waals surface area (Å²) >= 11 is 0. The van der Waals surface area contributed by atoms with Crippen LogP contribution in [0.3, 0.4) is 0 Å². The highest BCUT2D eigenvalue weighted by Crippen LogP contribution is 2.54. The highest BCUT2D eigenvalue weighted by Gasteiger charge is 2.52. The van der Waals surface area contributed by atoms with Gasteiger partial charge in [-0.3, -0.25) is 9.69 Å². The zero-order chi connectivity index (χ0) is 18.6. The maximum Gasteiger partial charge on any atom is 0.311 e. The average Bonchev–Trinajstić information content (AvgIpc) is 2.94. The second kappa shape index (κ2) is 6.48. The van der Waals surface area contributed by atoms with Crippen molar-refractivity contribution in [3.63, 3.8) is 0 Å². The number of allylic oxidation sites excluding steroid dienone is 1. The van der Waals surface area contributed by atoms with Gasteiger partial charge in [-0.15, -0.1) is 0 Å². The molecule has 0 N–H and O–H groups in total. The molecule has 0 bridgehead atoms. The van der Waals surface area contributed by atoms with Gasteiger partial charge in [0.25, 0.3) is 0 Å². The van der Waals surface area contributed by atoms with Gasteiger partial charge < -0.3 is 4.74 Å². The summed E-state index contributed by atoms with van der Waals surface area (Å²) in [7, 11) is 0. The minimum Gasteiger partial charge on any atom is -0.461 e. The maximum absolute atomic E-state index is 12.8. The summed E-state index contributed by atoms with van der Waals surface area (Å²) in [4.78, 5) is 15.2. The molecule has 0 aromatic heterocycles. The Morgan fingerprint density at radius 2 is 2.07 bits per heavy atom. The fraction of sp³-hybridized carbons (Fsp3) is 0.625. The number of benzene rings is 1. The molecule has 4 aliphatic rings. The zero-order valence-electron chi connectivity index (χ0n) is 16.6. The van der Waals surface area contributed by atoms with Crippen molar-refractivity contribution < 1.29 is 9.53 Å². The van der Waals surface area contributed by atoms with Crippen LogP contribution < -0.4 is 0 Å². The average molecular weight is 366 g/mol. The van der Waals surface area contributed by atoms with E-state index < -0.39 is 0 Å². The molecule has 0 amide bonds. The van der Waals surface area contributed by atoms with E-state index in [4.69, 9.17) is 4.74 Å².